The second kappa shape index (κ2) is 4.23. The van der Waals surface area contributed by atoms with E-state index in [9.17, 15) is 9.59 Å². The lowest BCUT2D eigenvalue weighted by molar-refractivity contribution is 0.0942. The zero-order chi connectivity index (χ0) is 10.6. The number of H-pyrrole nitrogens is 1. The van der Waals surface area contributed by atoms with Crippen molar-refractivity contribution in [3.8, 4) is 12.3 Å². The minimum atomic E-state index is -0.410. The predicted molar refractivity (Wildman–Crippen MR) is 50.6 cm³/mol. The summed E-state index contributed by atoms with van der Waals surface area (Å²) in [5, 5.41) is 8.21. The molecule has 1 amide bonds. The first-order valence-electron chi connectivity index (χ1n) is 3.96. The smallest absolute Gasteiger partial charge is 0.272 e. The number of hydrogen-bond acceptors (Lipinski definition) is 3. The maximum atomic E-state index is 11.3. The van der Waals surface area contributed by atoms with Crippen LogP contribution in [0.25, 0.3) is 0 Å². The van der Waals surface area contributed by atoms with Gasteiger partial charge >= 0.3 is 0 Å². The third-order valence-electron chi connectivity index (χ3n) is 1.51. The maximum Gasteiger partial charge on any atom is 0.272 e. The van der Waals surface area contributed by atoms with Gasteiger partial charge in [0.1, 0.15) is 5.69 Å². The zero-order valence-corrected chi connectivity index (χ0v) is 7.57. The highest BCUT2D eigenvalue weighted by Crippen LogP contribution is 1.89. The summed E-state index contributed by atoms with van der Waals surface area (Å²) in [6.07, 6.45) is 5.08. The van der Waals surface area contributed by atoms with Crippen molar-refractivity contribution in [2.24, 2.45) is 0 Å². The molecule has 1 heterocycles. The van der Waals surface area contributed by atoms with Crippen molar-refractivity contribution in [1.82, 2.24) is 15.5 Å². The Morgan fingerprint density at radius 3 is 2.93 bits per heavy atom. The quantitative estimate of drug-likeness (QED) is 0.620. The molecule has 0 aliphatic rings. The Hall–Kier alpha value is -2.09. The van der Waals surface area contributed by atoms with Crippen molar-refractivity contribution >= 4 is 5.91 Å². The van der Waals surface area contributed by atoms with Crippen LogP contribution in [-0.4, -0.2) is 22.1 Å². The van der Waals surface area contributed by atoms with Gasteiger partial charge in [0.2, 0.25) is 0 Å². The molecule has 1 rings (SSSR count). The van der Waals surface area contributed by atoms with Crippen molar-refractivity contribution in [2.45, 2.75) is 13.0 Å². The number of aromatic amines is 1. The summed E-state index contributed by atoms with van der Waals surface area (Å²) in [7, 11) is 0. The van der Waals surface area contributed by atoms with E-state index in [1.807, 2.05) is 0 Å². The first-order valence-corrected chi connectivity index (χ1v) is 3.96. The van der Waals surface area contributed by atoms with Crippen molar-refractivity contribution in [2.75, 3.05) is 0 Å². The van der Waals surface area contributed by atoms with Gasteiger partial charge in [-0.3, -0.25) is 9.59 Å². The highest BCUT2D eigenvalue weighted by Gasteiger charge is 2.08. The van der Waals surface area contributed by atoms with Gasteiger partial charge in [0.25, 0.3) is 11.5 Å². The monoisotopic (exact) mass is 191 g/mol. The normalized spacial score (nSPS) is 11.4. The van der Waals surface area contributed by atoms with Gasteiger partial charge in [-0.15, -0.1) is 6.42 Å². The SMILES string of the molecule is C#CC(C)NC(=O)c1ccc(=O)[nH]n1. The lowest BCUT2D eigenvalue weighted by atomic mass is 10.3. The molecule has 0 spiro atoms. The van der Waals surface area contributed by atoms with Gasteiger partial charge < -0.3 is 5.32 Å². The van der Waals surface area contributed by atoms with E-state index in [0.29, 0.717) is 0 Å². The van der Waals surface area contributed by atoms with Crippen LogP contribution in [0.1, 0.15) is 17.4 Å². The molecule has 1 aromatic rings. The third kappa shape index (κ3) is 2.45. The molecule has 0 aromatic carbocycles. The molecule has 0 bridgehead atoms. The molecule has 0 fully saturated rings. The number of amides is 1. The van der Waals surface area contributed by atoms with Crippen LogP contribution in [0.15, 0.2) is 16.9 Å². The molecule has 1 unspecified atom stereocenters. The topological polar surface area (TPSA) is 74.8 Å². The zero-order valence-electron chi connectivity index (χ0n) is 7.57. The van der Waals surface area contributed by atoms with Gasteiger partial charge in [-0.1, -0.05) is 5.92 Å². The maximum absolute atomic E-state index is 11.3. The van der Waals surface area contributed by atoms with Gasteiger partial charge in [0.15, 0.2) is 0 Å². The van der Waals surface area contributed by atoms with Crippen molar-refractivity contribution < 1.29 is 4.79 Å². The van der Waals surface area contributed by atoms with Gasteiger partial charge in [-0.25, -0.2) is 5.10 Å². The van der Waals surface area contributed by atoms with Crippen LogP contribution in [0.2, 0.25) is 0 Å². The predicted octanol–water partition coefficient (Wildman–Crippen LogP) is -0.479. The summed E-state index contributed by atoms with van der Waals surface area (Å²) in [6.45, 7) is 1.67. The molecule has 5 nitrogen and oxygen atoms in total. The Morgan fingerprint density at radius 2 is 2.43 bits per heavy atom. The second-order valence-corrected chi connectivity index (χ2v) is 2.67. The van der Waals surface area contributed by atoms with Crippen LogP contribution in [0, 0.1) is 12.3 Å². The second-order valence-electron chi connectivity index (χ2n) is 2.67. The number of hydrogen-bond donors (Lipinski definition) is 2. The molecule has 72 valence electrons. The molecule has 0 aliphatic carbocycles. The van der Waals surface area contributed by atoms with Crippen molar-refractivity contribution in [1.29, 1.82) is 0 Å². The van der Waals surface area contributed by atoms with E-state index in [4.69, 9.17) is 6.42 Å². The summed E-state index contributed by atoms with van der Waals surface area (Å²) >= 11 is 0. The summed E-state index contributed by atoms with van der Waals surface area (Å²) in [5.41, 5.74) is -0.224. The Balaban J connectivity index is 2.76. The molecule has 0 saturated heterocycles. The fourth-order valence-electron chi connectivity index (χ4n) is 0.783. The lowest BCUT2D eigenvalue weighted by Gasteiger charge is -2.05. The summed E-state index contributed by atoms with van der Waals surface area (Å²) in [6, 6.07) is 2.19. The van der Waals surface area contributed by atoms with Crippen LogP contribution in [0.4, 0.5) is 0 Å². The Morgan fingerprint density at radius 1 is 1.71 bits per heavy atom. The van der Waals surface area contributed by atoms with E-state index in [0.717, 1.165) is 0 Å². The number of aromatic nitrogens is 2. The molecule has 1 atom stereocenters. The minimum Gasteiger partial charge on any atom is -0.337 e. The fraction of sp³-hybridized carbons (Fsp3) is 0.222. The summed E-state index contributed by atoms with van der Waals surface area (Å²) in [5.74, 6) is 1.93. The van der Waals surface area contributed by atoms with Crippen LogP contribution < -0.4 is 10.9 Å². The average Bonchev–Trinajstić information content (AvgIpc) is 2.18. The van der Waals surface area contributed by atoms with Crippen LogP contribution >= 0.6 is 0 Å². The van der Waals surface area contributed by atoms with Gasteiger partial charge in [0.05, 0.1) is 6.04 Å². The number of nitrogens with one attached hydrogen (secondary N) is 2. The number of carbonyl (C=O) groups is 1. The number of terminal acetylenes is 1. The molecule has 0 aliphatic heterocycles. The molecule has 2 N–H and O–H groups in total. The van der Waals surface area contributed by atoms with E-state index in [2.05, 4.69) is 21.4 Å². The molecule has 14 heavy (non-hydrogen) atoms. The molecule has 0 radical (unpaired) electrons. The van der Waals surface area contributed by atoms with E-state index >= 15 is 0 Å². The lowest BCUT2D eigenvalue weighted by Crippen LogP contribution is -2.32. The van der Waals surface area contributed by atoms with E-state index in [1.54, 1.807) is 6.92 Å². The van der Waals surface area contributed by atoms with Crippen molar-refractivity contribution in [3.63, 3.8) is 0 Å². The van der Waals surface area contributed by atoms with Crippen LogP contribution in [0.3, 0.4) is 0 Å². The van der Waals surface area contributed by atoms with E-state index in [-0.39, 0.29) is 17.3 Å². The Kier molecular flexibility index (Phi) is 3.02. The van der Waals surface area contributed by atoms with Crippen LogP contribution in [0.5, 0.6) is 0 Å². The molecule has 0 saturated carbocycles. The highest BCUT2D eigenvalue weighted by atomic mass is 16.2. The highest BCUT2D eigenvalue weighted by molar-refractivity contribution is 5.92. The van der Waals surface area contributed by atoms with E-state index < -0.39 is 5.91 Å². The van der Waals surface area contributed by atoms with Gasteiger partial charge in [-0.05, 0) is 13.0 Å². The van der Waals surface area contributed by atoms with Gasteiger partial charge in [-0.2, -0.15) is 5.10 Å². The summed E-state index contributed by atoms with van der Waals surface area (Å²) in [4.78, 5) is 22.0. The van der Waals surface area contributed by atoms with Gasteiger partial charge in [0, 0.05) is 6.07 Å². The fourth-order valence-corrected chi connectivity index (χ4v) is 0.783. The summed E-state index contributed by atoms with van der Waals surface area (Å²) < 4.78 is 0. The van der Waals surface area contributed by atoms with Crippen LogP contribution in [-0.2, 0) is 0 Å². The number of rotatable bonds is 2. The molecule has 5 heteroatoms. The standard InChI is InChI=1S/C9H9N3O2/c1-3-6(2)10-9(14)7-4-5-8(13)12-11-7/h1,4-6H,2H3,(H,10,14)(H,12,13). The van der Waals surface area contributed by atoms with E-state index in [1.165, 1.54) is 12.1 Å². The average molecular weight is 191 g/mol. The van der Waals surface area contributed by atoms with Crippen molar-refractivity contribution in [3.05, 3.63) is 28.2 Å². The minimum absolute atomic E-state index is 0.131. The molecule has 1 aromatic heterocycles. The number of nitrogens with zero attached hydrogens (tertiary/aromatic N) is 1. The first kappa shape index (κ1) is 9.99. The third-order valence-corrected chi connectivity index (χ3v) is 1.51. The molecular formula is C9H9N3O2. The Labute approximate surface area is 80.5 Å². The largest absolute Gasteiger partial charge is 0.337 e. The Bertz CT molecular complexity index is 410. The first-order chi connectivity index (χ1) is 6.63. The molecular weight excluding hydrogens is 182 g/mol. The number of carbonyl (C=O) groups excluding carboxylic acids is 1.